The van der Waals surface area contributed by atoms with Crippen LogP contribution < -0.4 is 0 Å². The van der Waals surface area contributed by atoms with Crippen LogP contribution in [0, 0.1) is 11.8 Å². The first-order valence-electron chi connectivity index (χ1n) is 6.40. The lowest BCUT2D eigenvalue weighted by Crippen LogP contribution is -2.06. The van der Waals surface area contributed by atoms with Crippen LogP contribution in [0.5, 0.6) is 0 Å². The Balaban J connectivity index is 2.05. The summed E-state index contributed by atoms with van der Waals surface area (Å²) in [5.74, 6) is 1.83. The maximum Gasteiger partial charge on any atom is 0.0502 e. The predicted octanol–water partition coefficient (Wildman–Crippen LogP) is 3.37. The van der Waals surface area contributed by atoms with Crippen molar-refractivity contribution in [3.8, 4) is 0 Å². The lowest BCUT2D eigenvalue weighted by Gasteiger charge is -2.14. The maximum absolute atomic E-state index is 9.40. The highest BCUT2D eigenvalue weighted by Crippen LogP contribution is 2.42. The summed E-state index contributed by atoms with van der Waals surface area (Å²) >= 11 is 0. The highest BCUT2D eigenvalue weighted by atomic mass is 16.3. The molecule has 1 nitrogen and oxygen atoms in total. The van der Waals surface area contributed by atoms with Crippen molar-refractivity contribution >= 4 is 0 Å². The first-order chi connectivity index (χ1) is 7.70. The molecule has 0 saturated heterocycles. The summed E-state index contributed by atoms with van der Waals surface area (Å²) in [6, 6.07) is 8.86. The second kappa shape index (κ2) is 5.01. The van der Waals surface area contributed by atoms with Crippen LogP contribution in [0.4, 0.5) is 0 Å². The Kier molecular flexibility index (Phi) is 3.65. The molecule has 2 rings (SSSR count). The summed E-state index contributed by atoms with van der Waals surface area (Å²) in [5, 5.41) is 9.40. The molecular weight excluding hydrogens is 196 g/mol. The molecule has 0 radical (unpaired) electrons. The van der Waals surface area contributed by atoms with E-state index in [1.54, 1.807) is 0 Å². The van der Waals surface area contributed by atoms with Crippen molar-refractivity contribution in [2.75, 3.05) is 6.61 Å². The third-order valence-electron chi connectivity index (χ3n) is 3.44. The van der Waals surface area contributed by atoms with Gasteiger partial charge in [0.05, 0.1) is 6.61 Å². The number of hydrogen-bond acceptors (Lipinski definition) is 1. The van der Waals surface area contributed by atoms with Crippen molar-refractivity contribution in [3.05, 3.63) is 35.4 Å². The van der Waals surface area contributed by atoms with Crippen LogP contribution in [0.25, 0.3) is 0 Å². The van der Waals surface area contributed by atoms with Gasteiger partial charge in [-0.15, -0.1) is 0 Å². The number of benzene rings is 1. The number of aliphatic hydroxyl groups is 1. The minimum Gasteiger partial charge on any atom is -0.396 e. The van der Waals surface area contributed by atoms with Crippen LogP contribution in [0.15, 0.2) is 24.3 Å². The zero-order valence-electron chi connectivity index (χ0n) is 10.3. The molecule has 0 heterocycles. The van der Waals surface area contributed by atoms with Crippen LogP contribution >= 0.6 is 0 Å². The molecule has 1 saturated carbocycles. The van der Waals surface area contributed by atoms with Crippen molar-refractivity contribution in [3.63, 3.8) is 0 Å². The molecule has 1 aliphatic carbocycles. The van der Waals surface area contributed by atoms with E-state index in [4.69, 9.17) is 0 Å². The Morgan fingerprint density at radius 1 is 1.19 bits per heavy atom. The Morgan fingerprint density at radius 3 is 2.25 bits per heavy atom. The average Bonchev–Trinajstić information content (AvgIpc) is 3.05. The number of rotatable bonds is 5. The molecule has 88 valence electrons. The standard InChI is InChI=1S/C15H22O/c1-11(2)9-12-3-5-13(6-4-12)15(10-16)14-7-8-14/h3-6,11,14-16H,7-10H2,1-2H3. The fourth-order valence-corrected chi connectivity index (χ4v) is 2.40. The van der Waals surface area contributed by atoms with Crippen LogP contribution in [0.3, 0.4) is 0 Å². The van der Waals surface area contributed by atoms with E-state index in [0.717, 1.165) is 12.3 Å². The van der Waals surface area contributed by atoms with E-state index >= 15 is 0 Å². The van der Waals surface area contributed by atoms with Gasteiger partial charge in [-0.25, -0.2) is 0 Å². The summed E-state index contributed by atoms with van der Waals surface area (Å²) < 4.78 is 0. The van der Waals surface area contributed by atoms with E-state index in [1.165, 1.54) is 24.0 Å². The summed E-state index contributed by atoms with van der Waals surface area (Å²) in [5.41, 5.74) is 2.73. The molecule has 1 aromatic carbocycles. The summed E-state index contributed by atoms with van der Waals surface area (Å²) in [6.45, 7) is 4.79. The van der Waals surface area contributed by atoms with Crippen molar-refractivity contribution < 1.29 is 5.11 Å². The van der Waals surface area contributed by atoms with E-state index in [2.05, 4.69) is 38.1 Å². The molecule has 0 aliphatic heterocycles. The maximum atomic E-state index is 9.40. The molecule has 0 amide bonds. The van der Waals surface area contributed by atoms with E-state index in [9.17, 15) is 5.11 Å². The second-order valence-electron chi connectivity index (χ2n) is 5.47. The van der Waals surface area contributed by atoms with Crippen LogP contribution in [-0.4, -0.2) is 11.7 Å². The molecule has 1 unspecified atom stereocenters. The van der Waals surface area contributed by atoms with Gasteiger partial charge in [-0.1, -0.05) is 38.1 Å². The molecule has 1 heteroatoms. The van der Waals surface area contributed by atoms with Gasteiger partial charge in [-0.2, -0.15) is 0 Å². The fraction of sp³-hybridized carbons (Fsp3) is 0.600. The quantitative estimate of drug-likeness (QED) is 0.803. The predicted molar refractivity (Wildman–Crippen MR) is 67.5 cm³/mol. The molecular formula is C15H22O. The summed E-state index contributed by atoms with van der Waals surface area (Å²) in [6.07, 6.45) is 3.73. The lowest BCUT2D eigenvalue weighted by molar-refractivity contribution is 0.253. The van der Waals surface area contributed by atoms with Gasteiger partial charge in [-0.3, -0.25) is 0 Å². The van der Waals surface area contributed by atoms with Crippen molar-refractivity contribution in [2.45, 2.75) is 39.0 Å². The van der Waals surface area contributed by atoms with Gasteiger partial charge in [0.25, 0.3) is 0 Å². The molecule has 16 heavy (non-hydrogen) atoms. The van der Waals surface area contributed by atoms with E-state index < -0.39 is 0 Å². The van der Waals surface area contributed by atoms with Crippen LogP contribution in [-0.2, 0) is 6.42 Å². The van der Waals surface area contributed by atoms with Crippen molar-refractivity contribution in [1.29, 1.82) is 0 Å². The third-order valence-corrected chi connectivity index (χ3v) is 3.44. The van der Waals surface area contributed by atoms with Crippen molar-refractivity contribution in [2.24, 2.45) is 11.8 Å². The molecule has 0 aromatic heterocycles. The van der Waals surface area contributed by atoms with Gasteiger partial charge in [0.2, 0.25) is 0 Å². The normalized spacial score (nSPS) is 17.8. The zero-order valence-corrected chi connectivity index (χ0v) is 10.3. The largest absolute Gasteiger partial charge is 0.396 e. The summed E-state index contributed by atoms with van der Waals surface area (Å²) in [4.78, 5) is 0. The number of aliphatic hydroxyl groups excluding tert-OH is 1. The van der Waals surface area contributed by atoms with Gasteiger partial charge in [0.15, 0.2) is 0 Å². The second-order valence-corrected chi connectivity index (χ2v) is 5.47. The van der Waals surface area contributed by atoms with Crippen LogP contribution in [0.1, 0.15) is 43.7 Å². The van der Waals surface area contributed by atoms with E-state index in [1.807, 2.05) is 0 Å². The Hall–Kier alpha value is -0.820. The van der Waals surface area contributed by atoms with E-state index in [-0.39, 0.29) is 0 Å². The van der Waals surface area contributed by atoms with E-state index in [0.29, 0.717) is 18.4 Å². The molecule has 1 aliphatic rings. The minimum absolute atomic E-state index is 0.300. The number of hydrogen-bond donors (Lipinski definition) is 1. The van der Waals surface area contributed by atoms with Gasteiger partial charge in [0.1, 0.15) is 0 Å². The van der Waals surface area contributed by atoms with Gasteiger partial charge in [-0.05, 0) is 42.2 Å². The van der Waals surface area contributed by atoms with Gasteiger partial charge in [0, 0.05) is 5.92 Å². The fourth-order valence-electron chi connectivity index (χ4n) is 2.40. The monoisotopic (exact) mass is 218 g/mol. The van der Waals surface area contributed by atoms with Crippen LogP contribution in [0.2, 0.25) is 0 Å². The molecule has 1 fully saturated rings. The highest BCUT2D eigenvalue weighted by Gasteiger charge is 2.31. The first kappa shape index (κ1) is 11.7. The molecule has 1 atom stereocenters. The molecule has 1 aromatic rings. The first-order valence-corrected chi connectivity index (χ1v) is 6.40. The lowest BCUT2D eigenvalue weighted by atomic mass is 9.93. The van der Waals surface area contributed by atoms with Crippen molar-refractivity contribution in [1.82, 2.24) is 0 Å². The topological polar surface area (TPSA) is 20.2 Å². The summed E-state index contributed by atoms with van der Waals surface area (Å²) in [7, 11) is 0. The molecule has 0 bridgehead atoms. The smallest absolute Gasteiger partial charge is 0.0502 e. The average molecular weight is 218 g/mol. The zero-order chi connectivity index (χ0) is 11.5. The SMILES string of the molecule is CC(C)Cc1ccc(C(CO)C2CC2)cc1. The Morgan fingerprint density at radius 2 is 1.81 bits per heavy atom. The van der Waals surface area contributed by atoms with Gasteiger partial charge >= 0.3 is 0 Å². The molecule has 0 spiro atoms. The Bertz CT molecular complexity index is 322. The third kappa shape index (κ3) is 2.85. The Labute approximate surface area is 98.5 Å². The van der Waals surface area contributed by atoms with Gasteiger partial charge < -0.3 is 5.11 Å². The highest BCUT2D eigenvalue weighted by molar-refractivity contribution is 5.27. The minimum atomic E-state index is 0.300. The molecule has 1 N–H and O–H groups in total.